The number of hydrogen-bond acceptors (Lipinski definition) is 6. The van der Waals surface area contributed by atoms with E-state index in [9.17, 15) is 9.59 Å². The van der Waals surface area contributed by atoms with Crippen LogP contribution in [0.2, 0.25) is 0 Å². The van der Waals surface area contributed by atoms with E-state index in [1.54, 1.807) is 25.6 Å². The van der Waals surface area contributed by atoms with Gasteiger partial charge in [0.05, 0.1) is 18.7 Å². The lowest BCUT2D eigenvalue weighted by Crippen LogP contribution is -2.14. The number of aromatic nitrogens is 1. The third kappa shape index (κ3) is 5.86. The van der Waals surface area contributed by atoms with Gasteiger partial charge in [-0.2, -0.15) is 0 Å². The average molecular weight is 379 g/mol. The van der Waals surface area contributed by atoms with Crippen LogP contribution in [0.4, 0.5) is 5.13 Å². The molecule has 5 nitrogen and oxygen atoms in total. The molecule has 1 N–H and O–H groups in total. The Bertz CT molecular complexity index is 739. The van der Waals surface area contributed by atoms with Gasteiger partial charge in [0.1, 0.15) is 4.88 Å². The molecule has 2 aromatic rings. The molecule has 25 heavy (non-hydrogen) atoms. The van der Waals surface area contributed by atoms with Gasteiger partial charge in [0, 0.05) is 10.1 Å². The van der Waals surface area contributed by atoms with E-state index in [1.807, 2.05) is 24.3 Å². The number of amides is 1. The number of carbonyl (C=O) groups is 2. The Morgan fingerprint density at radius 3 is 2.56 bits per heavy atom. The van der Waals surface area contributed by atoms with Crippen LogP contribution < -0.4 is 5.32 Å². The van der Waals surface area contributed by atoms with Crippen LogP contribution in [0.3, 0.4) is 0 Å². The summed E-state index contributed by atoms with van der Waals surface area (Å²) in [6.45, 7) is 8.08. The number of thiazole rings is 1. The SMILES string of the molecule is CCOC(=O)c1sc(NC(=O)Cc2ccc(SC(C)C)cc2)nc1C. The fraction of sp³-hybridized carbons (Fsp3) is 0.389. The van der Waals surface area contributed by atoms with E-state index in [1.165, 1.54) is 4.90 Å². The second kappa shape index (κ2) is 9.01. The van der Waals surface area contributed by atoms with Gasteiger partial charge in [-0.05, 0) is 31.5 Å². The zero-order valence-corrected chi connectivity index (χ0v) is 16.4. The number of ether oxygens (including phenoxy) is 1. The molecular formula is C18H22N2O3S2. The summed E-state index contributed by atoms with van der Waals surface area (Å²) in [7, 11) is 0. The quantitative estimate of drug-likeness (QED) is 0.574. The highest BCUT2D eigenvalue weighted by atomic mass is 32.2. The largest absolute Gasteiger partial charge is 0.462 e. The predicted molar refractivity (Wildman–Crippen MR) is 103 cm³/mol. The summed E-state index contributed by atoms with van der Waals surface area (Å²) in [5, 5.41) is 3.69. The Morgan fingerprint density at radius 1 is 1.28 bits per heavy atom. The minimum Gasteiger partial charge on any atom is -0.462 e. The number of aryl methyl sites for hydroxylation is 1. The lowest BCUT2D eigenvalue weighted by molar-refractivity contribution is -0.115. The summed E-state index contributed by atoms with van der Waals surface area (Å²) >= 11 is 2.92. The van der Waals surface area contributed by atoms with E-state index >= 15 is 0 Å². The molecular weight excluding hydrogens is 356 g/mol. The molecule has 0 fully saturated rings. The minimum atomic E-state index is -0.406. The molecule has 0 saturated carbocycles. The summed E-state index contributed by atoms with van der Waals surface area (Å²) in [5.41, 5.74) is 1.50. The van der Waals surface area contributed by atoms with Gasteiger partial charge in [-0.25, -0.2) is 9.78 Å². The number of thioether (sulfide) groups is 1. The summed E-state index contributed by atoms with van der Waals surface area (Å²) in [5.74, 6) is -0.565. The second-order valence-electron chi connectivity index (χ2n) is 5.69. The molecule has 0 bridgehead atoms. The van der Waals surface area contributed by atoms with Crippen molar-refractivity contribution >= 4 is 40.1 Å². The molecule has 134 valence electrons. The van der Waals surface area contributed by atoms with Crippen LogP contribution in [0.5, 0.6) is 0 Å². The number of nitrogens with one attached hydrogen (secondary N) is 1. The van der Waals surface area contributed by atoms with Crippen LogP contribution >= 0.6 is 23.1 Å². The monoisotopic (exact) mass is 378 g/mol. The molecule has 0 aliphatic rings. The Hall–Kier alpha value is -1.86. The molecule has 2 rings (SSSR count). The van der Waals surface area contributed by atoms with Crippen molar-refractivity contribution in [3.8, 4) is 0 Å². The Kier molecular flexibility index (Phi) is 7.01. The van der Waals surface area contributed by atoms with Gasteiger partial charge in [0.2, 0.25) is 5.91 Å². The van der Waals surface area contributed by atoms with E-state index in [0.29, 0.717) is 27.6 Å². The van der Waals surface area contributed by atoms with Gasteiger partial charge in [0.15, 0.2) is 5.13 Å². The first-order valence-corrected chi connectivity index (χ1v) is 9.78. The third-order valence-corrected chi connectivity index (χ3v) is 5.23. The molecule has 0 unspecified atom stereocenters. The molecule has 1 aromatic carbocycles. The topological polar surface area (TPSA) is 68.3 Å². The summed E-state index contributed by atoms with van der Waals surface area (Å²) in [6, 6.07) is 7.97. The van der Waals surface area contributed by atoms with Crippen LogP contribution in [0.1, 0.15) is 41.7 Å². The Labute approximate surface area is 156 Å². The highest BCUT2D eigenvalue weighted by Gasteiger charge is 2.17. The highest BCUT2D eigenvalue weighted by Crippen LogP contribution is 2.25. The number of hydrogen-bond donors (Lipinski definition) is 1. The zero-order chi connectivity index (χ0) is 18.4. The van der Waals surface area contributed by atoms with E-state index in [0.717, 1.165) is 16.9 Å². The van der Waals surface area contributed by atoms with E-state index in [-0.39, 0.29) is 12.3 Å². The predicted octanol–water partition coefficient (Wildman–Crippen LogP) is 4.31. The Balaban J connectivity index is 1.96. The van der Waals surface area contributed by atoms with Crippen LogP contribution in [-0.2, 0) is 16.0 Å². The van der Waals surface area contributed by atoms with E-state index in [2.05, 4.69) is 24.1 Å². The smallest absolute Gasteiger partial charge is 0.350 e. The first-order valence-electron chi connectivity index (χ1n) is 8.09. The Morgan fingerprint density at radius 2 is 1.96 bits per heavy atom. The molecule has 1 aromatic heterocycles. The van der Waals surface area contributed by atoms with Crippen molar-refractivity contribution in [3.63, 3.8) is 0 Å². The first-order chi connectivity index (χ1) is 11.9. The zero-order valence-electron chi connectivity index (χ0n) is 14.8. The summed E-state index contributed by atoms with van der Waals surface area (Å²) in [4.78, 5) is 29.8. The van der Waals surface area contributed by atoms with E-state index < -0.39 is 5.97 Å². The van der Waals surface area contributed by atoms with Crippen LogP contribution in [0, 0.1) is 6.92 Å². The average Bonchev–Trinajstić information content (AvgIpc) is 2.89. The molecule has 0 saturated heterocycles. The van der Waals surface area contributed by atoms with Crippen molar-refractivity contribution in [2.45, 2.75) is 44.3 Å². The third-order valence-electron chi connectivity index (χ3n) is 3.16. The molecule has 0 aliphatic heterocycles. The minimum absolute atomic E-state index is 0.159. The fourth-order valence-corrected chi connectivity index (χ4v) is 3.86. The van der Waals surface area contributed by atoms with Gasteiger partial charge < -0.3 is 10.1 Å². The number of anilines is 1. The van der Waals surface area contributed by atoms with Crippen molar-refractivity contribution in [3.05, 3.63) is 40.4 Å². The number of esters is 1. The highest BCUT2D eigenvalue weighted by molar-refractivity contribution is 7.99. The second-order valence-corrected chi connectivity index (χ2v) is 8.34. The molecule has 0 radical (unpaired) electrons. The lowest BCUT2D eigenvalue weighted by atomic mass is 10.1. The van der Waals surface area contributed by atoms with Gasteiger partial charge in [-0.15, -0.1) is 11.8 Å². The van der Waals surface area contributed by atoms with Crippen LogP contribution in [0.25, 0.3) is 0 Å². The number of benzene rings is 1. The number of nitrogens with zero attached hydrogens (tertiary/aromatic N) is 1. The molecule has 0 atom stereocenters. The molecule has 0 aliphatic carbocycles. The van der Waals surface area contributed by atoms with E-state index in [4.69, 9.17) is 4.74 Å². The maximum Gasteiger partial charge on any atom is 0.350 e. The number of carbonyl (C=O) groups excluding carboxylic acids is 2. The summed E-state index contributed by atoms with van der Waals surface area (Å²) < 4.78 is 4.98. The van der Waals surface area contributed by atoms with Crippen molar-refractivity contribution in [1.29, 1.82) is 0 Å². The van der Waals surface area contributed by atoms with Crippen molar-refractivity contribution in [1.82, 2.24) is 4.98 Å². The van der Waals surface area contributed by atoms with Gasteiger partial charge >= 0.3 is 5.97 Å². The molecule has 1 heterocycles. The van der Waals surface area contributed by atoms with Crippen molar-refractivity contribution < 1.29 is 14.3 Å². The maximum atomic E-state index is 12.2. The normalized spacial score (nSPS) is 10.8. The lowest BCUT2D eigenvalue weighted by Gasteiger charge is -2.06. The van der Waals surface area contributed by atoms with Crippen molar-refractivity contribution in [2.75, 3.05) is 11.9 Å². The standard InChI is InChI=1S/C18H22N2O3S2/c1-5-23-17(22)16-12(4)19-18(25-16)20-15(21)10-13-6-8-14(9-7-13)24-11(2)3/h6-9,11H,5,10H2,1-4H3,(H,19,20,21). The molecule has 1 amide bonds. The van der Waals surface area contributed by atoms with Crippen molar-refractivity contribution in [2.24, 2.45) is 0 Å². The molecule has 0 spiro atoms. The van der Waals surface area contributed by atoms with Crippen LogP contribution in [-0.4, -0.2) is 28.7 Å². The van der Waals surface area contributed by atoms with Gasteiger partial charge in [-0.3, -0.25) is 4.79 Å². The molecule has 7 heteroatoms. The maximum absolute atomic E-state index is 12.2. The summed E-state index contributed by atoms with van der Waals surface area (Å²) in [6.07, 6.45) is 0.264. The first kappa shape index (κ1) is 19.5. The van der Waals surface area contributed by atoms with Gasteiger partial charge in [0.25, 0.3) is 0 Å². The fourth-order valence-electron chi connectivity index (χ4n) is 2.14. The number of rotatable bonds is 7. The van der Waals surface area contributed by atoms with Gasteiger partial charge in [-0.1, -0.05) is 37.3 Å². The van der Waals surface area contributed by atoms with Crippen LogP contribution in [0.15, 0.2) is 29.2 Å².